The van der Waals surface area contributed by atoms with Crippen molar-refractivity contribution in [3.8, 4) is 5.75 Å². The molecule has 3 rings (SSSR count). The molecule has 0 atom stereocenters. The molecule has 0 bridgehead atoms. The van der Waals surface area contributed by atoms with Crippen LogP contribution in [0.1, 0.15) is 16.1 Å². The van der Waals surface area contributed by atoms with Crippen LogP contribution in [0.2, 0.25) is 0 Å². The summed E-state index contributed by atoms with van der Waals surface area (Å²) in [7, 11) is 1.46. The Bertz CT molecular complexity index is 726. The van der Waals surface area contributed by atoms with E-state index in [1.165, 1.54) is 13.2 Å². The minimum absolute atomic E-state index is 0.0100. The van der Waals surface area contributed by atoms with Crippen LogP contribution in [-0.4, -0.2) is 54.0 Å². The fourth-order valence-electron chi connectivity index (χ4n) is 2.84. The number of ether oxygens (including phenoxy) is 1. The van der Waals surface area contributed by atoms with Crippen molar-refractivity contribution < 1.29 is 13.9 Å². The number of halogens is 2. The lowest BCUT2D eigenvalue weighted by atomic mass is 10.1. The number of H-pyrrole nitrogens is 1. The van der Waals surface area contributed by atoms with Crippen molar-refractivity contribution in [1.29, 1.82) is 0 Å². The van der Waals surface area contributed by atoms with Gasteiger partial charge in [-0.1, -0.05) is 6.07 Å². The first-order valence-electron chi connectivity index (χ1n) is 7.75. The molecule has 1 saturated heterocycles. The average molecular weight is 396 g/mol. The van der Waals surface area contributed by atoms with Gasteiger partial charge in [-0.05, 0) is 39.7 Å². The van der Waals surface area contributed by atoms with Gasteiger partial charge in [0, 0.05) is 43.4 Å². The molecule has 0 unspecified atom stereocenters. The molecule has 7 heteroatoms. The highest BCUT2D eigenvalue weighted by molar-refractivity contribution is 9.10. The van der Waals surface area contributed by atoms with E-state index >= 15 is 0 Å². The zero-order chi connectivity index (χ0) is 17.1. The largest absolute Gasteiger partial charge is 0.494 e. The van der Waals surface area contributed by atoms with Gasteiger partial charge in [0.1, 0.15) is 5.69 Å². The fraction of sp³-hybridized carbons (Fsp3) is 0.353. The maximum atomic E-state index is 13.8. The molecule has 128 valence electrons. The smallest absolute Gasteiger partial charge is 0.270 e. The summed E-state index contributed by atoms with van der Waals surface area (Å²) in [6.45, 7) is 3.52. The molecule has 0 spiro atoms. The van der Waals surface area contributed by atoms with E-state index in [1.54, 1.807) is 18.3 Å². The number of carbonyl (C=O) groups excluding carboxylic acids is 1. The zero-order valence-electron chi connectivity index (χ0n) is 13.4. The molecular weight excluding hydrogens is 377 g/mol. The number of nitrogens with zero attached hydrogens (tertiary/aromatic N) is 2. The van der Waals surface area contributed by atoms with E-state index in [4.69, 9.17) is 4.74 Å². The quantitative estimate of drug-likeness (QED) is 0.865. The van der Waals surface area contributed by atoms with Gasteiger partial charge in [-0.25, -0.2) is 4.39 Å². The van der Waals surface area contributed by atoms with E-state index in [0.717, 1.165) is 23.1 Å². The molecule has 1 aromatic heterocycles. The number of carbonyl (C=O) groups is 1. The molecular formula is C17H19BrFN3O2. The Morgan fingerprint density at radius 1 is 1.29 bits per heavy atom. The van der Waals surface area contributed by atoms with E-state index in [0.29, 0.717) is 25.3 Å². The standard InChI is InChI=1S/C17H19BrFN3O2/c1-24-16-3-2-12(8-14(16)19)11-21-4-6-22(7-5-21)17(23)15-9-13(18)10-20-15/h2-3,8-10,20H,4-7,11H2,1H3. The SMILES string of the molecule is COc1ccc(CN2CCN(C(=O)c3cc(Br)c[nH]3)CC2)cc1F. The molecule has 0 radical (unpaired) electrons. The first kappa shape index (κ1) is 17.0. The minimum atomic E-state index is -0.346. The molecule has 1 aliphatic rings. The van der Waals surface area contributed by atoms with Gasteiger partial charge in [0.05, 0.1) is 7.11 Å². The number of rotatable bonds is 4. The molecule has 5 nitrogen and oxygen atoms in total. The number of hydrogen-bond donors (Lipinski definition) is 1. The Morgan fingerprint density at radius 3 is 2.62 bits per heavy atom. The summed E-state index contributed by atoms with van der Waals surface area (Å²) >= 11 is 3.34. The first-order valence-corrected chi connectivity index (χ1v) is 8.54. The Balaban J connectivity index is 1.55. The fourth-order valence-corrected chi connectivity index (χ4v) is 3.18. The van der Waals surface area contributed by atoms with Gasteiger partial charge in [0.15, 0.2) is 11.6 Å². The molecule has 2 heterocycles. The highest BCUT2D eigenvalue weighted by Crippen LogP contribution is 2.19. The van der Waals surface area contributed by atoms with Gasteiger partial charge in [0.2, 0.25) is 0 Å². The maximum absolute atomic E-state index is 13.8. The predicted molar refractivity (Wildman–Crippen MR) is 92.6 cm³/mol. The second-order valence-electron chi connectivity index (χ2n) is 5.77. The van der Waals surface area contributed by atoms with Crippen LogP contribution in [0.15, 0.2) is 34.9 Å². The third-order valence-corrected chi connectivity index (χ3v) is 4.62. The number of hydrogen-bond acceptors (Lipinski definition) is 3. The third-order valence-electron chi connectivity index (χ3n) is 4.16. The zero-order valence-corrected chi connectivity index (χ0v) is 15.0. The van der Waals surface area contributed by atoms with Gasteiger partial charge in [0.25, 0.3) is 5.91 Å². The number of aromatic amines is 1. The maximum Gasteiger partial charge on any atom is 0.270 e. The monoisotopic (exact) mass is 395 g/mol. The summed E-state index contributed by atoms with van der Waals surface area (Å²) < 4.78 is 19.6. The van der Waals surface area contributed by atoms with Crippen LogP contribution in [0.5, 0.6) is 5.75 Å². The van der Waals surface area contributed by atoms with E-state index in [2.05, 4.69) is 25.8 Å². The van der Waals surface area contributed by atoms with Crippen molar-refractivity contribution in [2.75, 3.05) is 33.3 Å². The number of piperazine rings is 1. The summed E-state index contributed by atoms with van der Waals surface area (Å²) in [5.41, 5.74) is 1.49. The lowest BCUT2D eigenvalue weighted by Gasteiger charge is -2.34. The summed E-state index contributed by atoms with van der Waals surface area (Å²) in [4.78, 5) is 19.4. The van der Waals surface area contributed by atoms with E-state index < -0.39 is 0 Å². The molecule has 1 fully saturated rings. The topological polar surface area (TPSA) is 48.6 Å². The minimum Gasteiger partial charge on any atom is -0.494 e. The van der Waals surface area contributed by atoms with Crippen molar-refractivity contribution in [3.05, 3.63) is 52.0 Å². The van der Waals surface area contributed by atoms with Crippen LogP contribution < -0.4 is 4.74 Å². The average Bonchev–Trinajstić information content (AvgIpc) is 3.02. The highest BCUT2D eigenvalue weighted by Gasteiger charge is 2.23. The number of benzene rings is 1. The predicted octanol–water partition coefficient (Wildman–Crippen LogP) is 2.88. The van der Waals surface area contributed by atoms with Gasteiger partial charge < -0.3 is 14.6 Å². The van der Waals surface area contributed by atoms with Crippen LogP contribution in [0.25, 0.3) is 0 Å². The van der Waals surface area contributed by atoms with Gasteiger partial charge in [-0.2, -0.15) is 0 Å². The second kappa shape index (κ2) is 7.36. The van der Waals surface area contributed by atoms with Crippen LogP contribution >= 0.6 is 15.9 Å². The van der Waals surface area contributed by atoms with Crippen molar-refractivity contribution in [1.82, 2.24) is 14.8 Å². The van der Waals surface area contributed by atoms with Crippen LogP contribution in [0, 0.1) is 5.82 Å². The highest BCUT2D eigenvalue weighted by atomic mass is 79.9. The van der Waals surface area contributed by atoms with Gasteiger partial charge in [-0.15, -0.1) is 0 Å². The Labute approximate surface area is 148 Å². The van der Waals surface area contributed by atoms with Crippen LogP contribution in [-0.2, 0) is 6.54 Å². The summed E-state index contributed by atoms with van der Waals surface area (Å²) in [6.07, 6.45) is 1.75. The Morgan fingerprint density at radius 2 is 2.04 bits per heavy atom. The van der Waals surface area contributed by atoms with Crippen molar-refractivity contribution in [2.45, 2.75) is 6.54 Å². The summed E-state index contributed by atoms with van der Waals surface area (Å²) in [5.74, 6) is -0.0803. The number of nitrogens with one attached hydrogen (secondary N) is 1. The lowest BCUT2D eigenvalue weighted by Crippen LogP contribution is -2.48. The number of aromatic nitrogens is 1. The molecule has 0 aliphatic carbocycles. The van der Waals surface area contributed by atoms with E-state index in [1.807, 2.05) is 11.0 Å². The molecule has 2 aromatic rings. The normalized spacial score (nSPS) is 15.5. The van der Waals surface area contributed by atoms with Crippen molar-refractivity contribution in [2.24, 2.45) is 0 Å². The number of amides is 1. The van der Waals surface area contributed by atoms with Crippen LogP contribution in [0.3, 0.4) is 0 Å². The molecule has 1 amide bonds. The van der Waals surface area contributed by atoms with Gasteiger partial charge >= 0.3 is 0 Å². The molecule has 1 N–H and O–H groups in total. The third kappa shape index (κ3) is 3.79. The van der Waals surface area contributed by atoms with Gasteiger partial charge in [-0.3, -0.25) is 9.69 Å². The van der Waals surface area contributed by atoms with E-state index in [9.17, 15) is 9.18 Å². The summed E-state index contributed by atoms with van der Waals surface area (Å²) in [6, 6.07) is 6.81. The number of methoxy groups -OCH3 is 1. The second-order valence-corrected chi connectivity index (χ2v) is 6.68. The Hall–Kier alpha value is -1.86. The molecule has 24 heavy (non-hydrogen) atoms. The summed E-state index contributed by atoms with van der Waals surface area (Å²) in [5, 5.41) is 0. The molecule has 0 saturated carbocycles. The first-order chi connectivity index (χ1) is 11.6. The molecule has 1 aliphatic heterocycles. The van der Waals surface area contributed by atoms with E-state index in [-0.39, 0.29) is 17.5 Å². The lowest BCUT2D eigenvalue weighted by molar-refractivity contribution is 0.0623. The Kier molecular flexibility index (Phi) is 5.20. The van der Waals surface area contributed by atoms with Crippen molar-refractivity contribution in [3.63, 3.8) is 0 Å². The van der Waals surface area contributed by atoms with Crippen molar-refractivity contribution >= 4 is 21.8 Å². The molecule has 1 aromatic carbocycles. The van der Waals surface area contributed by atoms with Crippen LogP contribution in [0.4, 0.5) is 4.39 Å².